The topological polar surface area (TPSA) is 25.2 Å². The van der Waals surface area contributed by atoms with E-state index in [4.69, 9.17) is 0 Å². The second kappa shape index (κ2) is 7.61. The summed E-state index contributed by atoms with van der Waals surface area (Å²) in [6.45, 7) is 6.26. The number of nitrogens with zero attached hydrogens (tertiary/aromatic N) is 2. The highest BCUT2D eigenvalue weighted by atomic mass is 79.9. The summed E-state index contributed by atoms with van der Waals surface area (Å²) < 4.78 is 3.30. The van der Waals surface area contributed by atoms with Gasteiger partial charge in [0.15, 0.2) is 0 Å². The van der Waals surface area contributed by atoms with Crippen molar-refractivity contribution >= 4 is 39.2 Å². The number of halogens is 1. The van der Waals surface area contributed by atoms with Crippen LogP contribution in [0, 0.1) is 0 Å². The molecule has 0 saturated heterocycles. The number of aromatic nitrogens is 1. The van der Waals surface area contributed by atoms with Gasteiger partial charge in [-0.3, -0.25) is 4.79 Å². The highest BCUT2D eigenvalue weighted by Gasteiger charge is 2.07. The minimum atomic E-state index is 0.0597. The van der Waals surface area contributed by atoms with Crippen LogP contribution in [0.2, 0.25) is 0 Å². The van der Waals surface area contributed by atoms with Crippen molar-refractivity contribution in [1.29, 1.82) is 0 Å². The number of carbonyl (C=O) groups excluding carboxylic acids is 1. The number of carbonyl (C=O) groups is 1. The Morgan fingerprint density at radius 3 is 2.76 bits per heavy atom. The minimum absolute atomic E-state index is 0.0597. The Morgan fingerprint density at radius 1 is 1.38 bits per heavy atom. The molecule has 0 saturated carbocycles. The van der Waals surface area contributed by atoms with Crippen LogP contribution in [-0.4, -0.2) is 28.5 Å². The number of rotatable bonds is 6. The van der Waals surface area contributed by atoms with Gasteiger partial charge in [-0.2, -0.15) is 0 Å². The maximum Gasteiger partial charge on any atom is 0.246 e. The summed E-state index contributed by atoms with van der Waals surface area (Å²) in [5, 5.41) is 2.07. The maximum atomic E-state index is 12.0. The molecule has 2 aromatic rings. The molecule has 0 spiro atoms. The lowest BCUT2D eigenvalue weighted by atomic mass is 10.3. The Labute approximate surface area is 138 Å². The summed E-state index contributed by atoms with van der Waals surface area (Å²) in [6, 6.07) is 6.14. The third-order valence-corrected chi connectivity index (χ3v) is 5.18. The minimum Gasteiger partial charge on any atom is -0.343 e. The van der Waals surface area contributed by atoms with Crippen molar-refractivity contribution in [2.75, 3.05) is 13.1 Å². The van der Waals surface area contributed by atoms with Crippen LogP contribution in [0.5, 0.6) is 0 Å². The molecule has 2 rings (SSSR count). The maximum absolute atomic E-state index is 12.0. The molecule has 0 aliphatic heterocycles. The fraction of sp³-hybridized carbons (Fsp3) is 0.312. The van der Waals surface area contributed by atoms with E-state index in [-0.39, 0.29) is 5.91 Å². The van der Waals surface area contributed by atoms with Gasteiger partial charge in [-0.05, 0) is 65.0 Å². The zero-order chi connectivity index (χ0) is 15.2. The van der Waals surface area contributed by atoms with Crippen molar-refractivity contribution in [3.8, 4) is 0 Å². The standard InChI is InChI=1S/C16H19BrN2OS/c1-3-18(4-2)15(20)8-7-14-6-5-10-19(14)12-13-9-11-21-16(13)17/h5-11H,3-4,12H2,1-2H3/b8-7+. The lowest BCUT2D eigenvalue weighted by Gasteiger charge is -2.15. The summed E-state index contributed by atoms with van der Waals surface area (Å²) in [4.78, 5) is 13.8. The molecule has 0 aromatic carbocycles. The molecule has 0 fully saturated rings. The monoisotopic (exact) mass is 366 g/mol. The van der Waals surface area contributed by atoms with Gasteiger partial charge in [-0.15, -0.1) is 11.3 Å². The van der Waals surface area contributed by atoms with Crippen LogP contribution in [-0.2, 0) is 11.3 Å². The number of thiophene rings is 1. The molecule has 3 nitrogen and oxygen atoms in total. The van der Waals surface area contributed by atoms with E-state index < -0.39 is 0 Å². The average Bonchev–Trinajstić information content (AvgIpc) is 3.08. The van der Waals surface area contributed by atoms with Gasteiger partial charge in [-0.1, -0.05) is 0 Å². The predicted molar refractivity (Wildman–Crippen MR) is 92.5 cm³/mol. The molecule has 0 aliphatic carbocycles. The van der Waals surface area contributed by atoms with Crippen LogP contribution in [0.25, 0.3) is 6.08 Å². The second-order valence-corrected chi connectivity index (χ2v) is 6.86. The van der Waals surface area contributed by atoms with Crippen LogP contribution >= 0.6 is 27.3 Å². The van der Waals surface area contributed by atoms with E-state index in [1.165, 1.54) is 5.56 Å². The Balaban J connectivity index is 2.10. The Bertz CT molecular complexity index is 626. The van der Waals surface area contributed by atoms with Crippen molar-refractivity contribution in [2.45, 2.75) is 20.4 Å². The number of amides is 1. The van der Waals surface area contributed by atoms with E-state index in [1.54, 1.807) is 22.3 Å². The van der Waals surface area contributed by atoms with Crippen molar-refractivity contribution in [2.24, 2.45) is 0 Å². The summed E-state index contributed by atoms with van der Waals surface area (Å²) in [5.74, 6) is 0.0597. The van der Waals surface area contributed by atoms with Gasteiger partial charge < -0.3 is 9.47 Å². The Morgan fingerprint density at radius 2 is 2.14 bits per heavy atom. The van der Waals surface area contributed by atoms with Crippen molar-refractivity contribution in [1.82, 2.24) is 9.47 Å². The molecule has 21 heavy (non-hydrogen) atoms. The van der Waals surface area contributed by atoms with E-state index in [0.717, 1.165) is 29.1 Å². The first-order valence-electron chi connectivity index (χ1n) is 6.99. The van der Waals surface area contributed by atoms with Gasteiger partial charge in [0.05, 0.1) is 3.79 Å². The van der Waals surface area contributed by atoms with E-state index in [9.17, 15) is 4.79 Å². The quantitative estimate of drug-likeness (QED) is 0.701. The molecule has 1 amide bonds. The Hall–Kier alpha value is -1.33. The van der Waals surface area contributed by atoms with Crippen LogP contribution in [0.1, 0.15) is 25.1 Å². The number of hydrogen-bond donors (Lipinski definition) is 0. The summed E-state index contributed by atoms with van der Waals surface area (Å²) in [7, 11) is 0. The normalized spacial score (nSPS) is 11.2. The zero-order valence-corrected chi connectivity index (χ0v) is 14.7. The summed E-state index contributed by atoms with van der Waals surface area (Å²) in [5.41, 5.74) is 2.29. The highest BCUT2D eigenvalue weighted by molar-refractivity contribution is 9.11. The zero-order valence-electron chi connectivity index (χ0n) is 12.3. The second-order valence-electron chi connectivity index (χ2n) is 4.62. The van der Waals surface area contributed by atoms with Gasteiger partial charge in [0, 0.05) is 37.6 Å². The van der Waals surface area contributed by atoms with Crippen molar-refractivity contribution < 1.29 is 4.79 Å². The molecular weight excluding hydrogens is 348 g/mol. The molecule has 2 aromatic heterocycles. The van der Waals surface area contributed by atoms with Crippen molar-refractivity contribution in [3.05, 3.63) is 50.9 Å². The molecule has 0 aliphatic rings. The fourth-order valence-electron chi connectivity index (χ4n) is 2.14. The van der Waals surface area contributed by atoms with Crippen molar-refractivity contribution in [3.63, 3.8) is 0 Å². The molecule has 0 bridgehead atoms. The number of likely N-dealkylation sites (N-methyl/N-ethyl adjacent to an activating group) is 1. The molecule has 112 valence electrons. The largest absolute Gasteiger partial charge is 0.343 e. The highest BCUT2D eigenvalue weighted by Crippen LogP contribution is 2.24. The third-order valence-electron chi connectivity index (χ3n) is 3.37. The van der Waals surface area contributed by atoms with Gasteiger partial charge >= 0.3 is 0 Å². The molecular formula is C16H19BrN2OS. The lowest BCUT2D eigenvalue weighted by molar-refractivity contribution is -0.125. The van der Waals surface area contributed by atoms with Crippen LogP contribution in [0.3, 0.4) is 0 Å². The first-order chi connectivity index (χ1) is 10.2. The van der Waals surface area contributed by atoms with Crippen LogP contribution in [0.15, 0.2) is 39.6 Å². The van der Waals surface area contributed by atoms with Gasteiger partial charge in [0.25, 0.3) is 0 Å². The fourth-order valence-corrected chi connectivity index (χ4v) is 3.35. The smallest absolute Gasteiger partial charge is 0.246 e. The van der Waals surface area contributed by atoms with E-state index in [2.05, 4.69) is 31.9 Å². The summed E-state index contributed by atoms with van der Waals surface area (Å²) in [6.07, 6.45) is 5.58. The SMILES string of the molecule is CCN(CC)C(=O)/C=C/c1cccn1Cc1ccsc1Br. The molecule has 0 N–H and O–H groups in total. The molecule has 0 atom stereocenters. The molecule has 5 heteroatoms. The third kappa shape index (κ3) is 4.08. The predicted octanol–water partition coefficient (Wildman–Crippen LogP) is 4.24. The Kier molecular flexibility index (Phi) is 5.82. The number of hydrogen-bond acceptors (Lipinski definition) is 2. The van der Waals surface area contributed by atoms with Crippen LogP contribution in [0.4, 0.5) is 0 Å². The van der Waals surface area contributed by atoms with Crippen LogP contribution < -0.4 is 0 Å². The first-order valence-corrected chi connectivity index (χ1v) is 8.67. The van der Waals surface area contributed by atoms with E-state index in [0.29, 0.717) is 0 Å². The molecule has 0 radical (unpaired) electrons. The first kappa shape index (κ1) is 16.0. The molecule has 0 unspecified atom stereocenters. The lowest BCUT2D eigenvalue weighted by Crippen LogP contribution is -2.28. The van der Waals surface area contributed by atoms with Gasteiger partial charge in [0.1, 0.15) is 0 Å². The van der Waals surface area contributed by atoms with Gasteiger partial charge in [0.2, 0.25) is 5.91 Å². The van der Waals surface area contributed by atoms with E-state index >= 15 is 0 Å². The summed E-state index contributed by atoms with van der Waals surface area (Å²) >= 11 is 5.25. The molecule has 2 heterocycles. The van der Waals surface area contributed by atoms with Gasteiger partial charge in [-0.25, -0.2) is 0 Å². The van der Waals surface area contributed by atoms with E-state index in [1.807, 2.05) is 38.3 Å². The average molecular weight is 367 g/mol.